The monoisotopic (exact) mass is 609 g/mol. The number of carbonyl (C=O) groups excluding carboxylic acids is 2. The molecule has 2 fully saturated rings. The molecule has 42 heavy (non-hydrogen) atoms. The van der Waals surface area contributed by atoms with Gasteiger partial charge < -0.3 is 9.88 Å². The lowest BCUT2D eigenvalue weighted by Gasteiger charge is -2.37. The molecule has 2 aliphatic rings. The van der Waals surface area contributed by atoms with E-state index in [1.807, 2.05) is 54.8 Å². The topological polar surface area (TPSA) is 83.9 Å². The van der Waals surface area contributed by atoms with Gasteiger partial charge in [0.15, 0.2) is 0 Å². The van der Waals surface area contributed by atoms with E-state index < -0.39 is 0 Å². The predicted molar refractivity (Wildman–Crippen MR) is 177 cm³/mol. The van der Waals surface area contributed by atoms with Crippen molar-refractivity contribution in [1.82, 2.24) is 24.4 Å². The smallest absolute Gasteiger partial charge is 0.316 e. The minimum Gasteiger partial charge on any atom is -0.345 e. The maximum absolute atomic E-state index is 12.5. The Kier molecular flexibility index (Phi) is 12.4. The molecule has 2 saturated carbocycles. The maximum atomic E-state index is 12.5. The summed E-state index contributed by atoms with van der Waals surface area (Å²) in [4.78, 5) is 36.5. The summed E-state index contributed by atoms with van der Waals surface area (Å²) >= 11 is 5.13. The summed E-state index contributed by atoms with van der Waals surface area (Å²) in [5.41, 5.74) is 6.77. The summed E-state index contributed by atoms with van der Waals surface area (Å²) in [5.74, 6) is 0.128. The van der Waals surface area contributed by atoms with Gasteiger partial charge in [0.1, 0.15) is 5.57 Å². The highest BCUT2D eigenvalue weighted by Crippen LogP contribution is 2.54. The summed E-state index contributed by atoms with van der Waals surface area (Å²) in [6, 6.07) is 16.1. The zero-order chi connectivity index (χ0) is 29.9. The van der Waals surface area contributed by atoms with Crippen molar-refractivity contribution in [3.63, 3.8) is 0 Å². The Morgan fingerprint density at radius 1 is 0.881 bits per heavy atom. The van der Waals surface area contributed by atoms with Crippen LogP contribution in [0, 0.1) is 0 Å². The second-order valence-electron chi connectivity index (χ2n) is 11.1. The number of benzene rings is 2. The molecular weight excluding hydrogens is 565 g/mol. The number of aromatic nitrogens is 4. The van der Waals surface area contributed by atoms with E-state index in [0.29, 0.717) is 13.1 Å². The van der Waals surface area contributed by atoms with Gasteiger partial charge in [0, 0.05) is 20.0 Å². The number of H-pyrrole nitrogens is 1. The molecule has 0 saturated heterocycles. The third-order valence-electron chi connectivity index (χ3n) is 8.36. The highest BCUT2D eigenvalue weighted by atomic mass is 35.5. The standard InChI is InChI=1S/C21H29N2OP.C7H6N2.C5H10ClNO/c1-16(24)23-20-15-9-8-14-19(20)22-21(23)25(17-10-4-2-5-11-17)18-12-6-3-7-13-18;1-2-4-7-6(3-1)8-5-9-7;1-3-7(4-2)5(6)8/h8-9,14-15,17-18H,2-7,10-13H2,1H3;1-5H,(H,8,9);3-4H2,1-2H3. The molecule has 1 amide bonds. The third-order valence-corrected chi connectivity index (χ3v) is 12.0. The molecule has 0 atom stereocenters. The van der Waals surface area contributed by atoms with Crippen LogP contribution in [-0.4, -0.2) is 60.1 Å². The van der Waals surface area contributed by atoms with Gasteiger partial charge in [-0.05, 0) is 94.6 Å². The molecule has 226 valence electrons. The van der Waals surface area contributed by atoms with Crippen molar-refractivity contribution in [2.75, 3.05) is 13.1 Å². The molecule has 4 aromatic rings. The average Bonchev–Trinajstić information content (AvgIpc) is 3.65. The molecule has 2 aliphatic carbocycles. The van der Waals surface area contributed by atoms with E-state index in [2.05, 4.69) is 22.1 Å². The fourth-order valence-electron chi connectivity index (χ4n) is 6.19. The fraction of sp³-hybridized carbons (Fsp3) is 0.515. The van der Waals surface area contributed by atoms with Crippen LogP contribution in [0.3, 0.4) is 0 Å². The molecular formula is C33H45ClN5O2P. The van der Waals surface area contributed by atoms with Crippen LogP contribution in [-0.2, 0) is 0 Å². The lowest BCUT2D eigenvalue weighted by atomic mass is 9.99. The van der Waals surface area contributed by atoms with Gasteiger partial charge in [-0.2, -0.15) is 0 Å². The van der Waals surface area contributed by atoms with Gasteiger partial charge in [0.05, 0.1) is 28.4 Å². The number of nitrogens with zero attached hydrogens (tertiary/aromatic N) is 4. The maximum Gasteiger partial charge on any atom is 0.316 e. The van der Waals surface area contributed by atoms with E-state index in [9.17, 15) is 9.59 Å². The predicted octanol–water partition coefficient (Wildman–Crippen LogP) is 8.72. The summed E-state index contributed by atoms with van der Waals surface area (Å²) in [7, 11) is -0.361. The highest BCUT2D eigenvalue weighted by Gasteiger charge is 2.36. The Morgan fingerprint density at radius 3 is 1.93 bits per heavy atom. The van der Waals surface area contributed by atoms with Gasteiger partial charge in [-0.15, -0.1) is 0 Å². The number of aromatic amines is 1. The molecule has 0 spiro atoms. The van der Waals surface area contributed by atoms with Crippen LogP contribution in [0.4, 0.5) is 4.79 Å². The van der Waals surface area contributed by atoms with Crippen molar-refractivity contribution in [3.8, 4) is 0 Å². The van der Waals surface area contributed by atoms with Gasteiger partial charge in [-0.1, -0.05) is 62.8 Å². The molecule has 9 heteroatoms. The van der Waals surface area contributed by atoms with Gasteiger partial charge >= 0.3 is 5.37 Å². The summed E-state index contributed by atoms with van der Waals surface area (Å²) in [5, 5.41) is -0.366. The number of imidazole rings is 2. The Balaban J connectivity index is 0.000000194. The largest absolute Gasteiger partial charge is 0.345 e. The average molecular weight is 610 g/mol. The Labute approximate surface area is 256 Å². The van der Waals surface area contributed by atoms with Gasteiger partial charge in [-0.3, -0.25) is 14.2 Å². The van der Waals surface area contributed by atoms with Gasteiger partial charge in [0.25, 0.3) is 0 Å². The minimum atomic E-state index is -0.366. The number of hydrogen-bond donors (Lipinski definition) is 1. The molecule has 7 nitrogen and oxygen atoms in total. The molecule has 6 rings (SSSR count). The van der Waals surface area contributed by atoms with Crippen LogP contribution in [0.15, 0.2) is 54.9 Å². The fourth-order valence-corrected chi connectivity index (χ4v) is 10.2. The molecule has 0 radical (unpaired) electrons. The second-order valence-corrected chi connectivity index (χ2v) is 14.1. The van der Waals surface area contributed by atoms with E-state index in [0.717, 1.165) is 39.0 Å². The van der Waals surface area contributed by atoms with Crippen molar-refractivity contribution < 1.29 is 9.59 Å². The number of para-hydroxylation sites is 4. The highest BCUT2D eigenvalue weighted by molar-refractivity contribution is 7.66. The molecule has 0 unspecified atom stereocenters. The molecule has 1 N–H and O–H groups in total. The number of amides is 1. The summed E-state index contributed by atoms with van der Waals surface area (Å²) < 4.78 is 1.96. The van der Waals surface area contributed by atoms with Crippen molar-refractivity contribution in [2.45, 2.75) is 96.3 Å². The quantitative estimate of drug-likeness (QED) is 0.139. The van der Waals surface area contributed by atoms with E-state index in [1.165, 1.54) is 64.2 Å². The number of nitrogens with one attached hydrogen (secondary N) is 1. The van der Waals surface area contributed by atoms with Crippen molar-refractivity contribution in [2.24, 2.45) is 0 Å². The molecule has 2 aromatic heterocycles. The van der Waals surface area contributed by atoms with Crippen molar-refractivity contribution >= 4 is 58.4 Å². The Morgan fingerprint density at radius 2 is 1.43 bits per heavy atom. The first-order chi connectivity index (χ1) is 20.4. The first-order valence-electron chi connectivity index (χ1n) is 15.5. The van der Waals surface area contributed by atoms with E-state index >= 15 is 0 Å². The van der Waals surface area contributed by atoms with Crippen molar-refractivity contribution in [1.29, 1.82) is 0 Å². The normalized spacial score (nSPS) is 16.0. The molecule has 0 aliphatic heterocycles. The number of hydrogen-bond acceptors (Lipinski definition) is 4. The number of halogens is 1. The minimum absolute atomic E-state index is 0.128. The van der Waals surface area contributed by atoms with Crippen LogP contribution in [0.5, 0.6) is 0 Å². The van der Waals surface area contributed by atoms with Crippen LogP contribution in [0.2, 0.25) is 0 Å². The van der Waals surface area contributed by atoms with E-state index in [4.69, 9.17) is 16.6 Å². The number of fused-ring (bicyclic) bond motifs is 2. The zero-order valence-electron chi connectivity index (χ0n) is 25.3. The third kappa shape index (κ3) is 8.20. The Bertz CT molecular complexity index is 1370. The van der Waals surface area contributed by atoms with Gasteiger partial charge in [0.2, 0.25) is 5.91 Å². The second kappa shape index (κ2) is 16.2. The van der Waals surface area contributed by atoms with E-state index in [-0.39, 0.29) is 19.2 Å². The number of rotatable bonds is 5. The summed E-state index contributed by atoms with van der Waals surface area (Å²) in [6.07, 6.45) is 15.2. The zero-order valence-corrected chi connectivity index (χ0v) is 26.9. The SMILES string of the molecule is CC(=O)n1c(P(C2CCCCC2)C2CCCCC2)nc2ccccc21.CCN(CC)C(=O)Cl.c1ccc2[nH]cnc2c1. The molecule has 2 aromatic carbocycles. The van der Waals surface area contributed by atoms with Crippen LogP contribution in [0.25, 0.3) is 22.1 Å². The lowest BCUT2D eigenvalue weighted by Crippen LogP contribution is -2.32. The summed E-state index contributed by atoms with van der Waals surface area (Å²) in [6.45, 7) is 6.87. The van der Waals surface area contributed by atoms with E-state index in [1.54, 1.807) is 18.2 Å². The molecule has 2 heterocycles. The van der Waals surface area contributed by atoms with Crippen molar-refractivity contribution in [3.05, 3.63) is 54.9 Å². The number of carbonyl (C=O) groups is 2. The van der Waals surface area contributed by atoms with Crippen LogP contribution >= 0.6 is 19.5 Å². The lowest BCUT2D eigenvalue weighted by molar-refractivity contribution is 0.0944. The van der Waals surface area contributed by atoms with Crippen LogP contribution in [0.1, 0.15) is 89.8 Å². The Hall–Kier alpha value is -2.76. The first-order valence-corrected chi connectivity index (χ1v) is 17.4. The van der Waals surface area contributed by atoms with Gasteiger partial charge in [-0.25, -0.2) is 9.97 Å². The first kappa shape index (κ1) is 32.2. The molecule has 0 bridgehead atoms. The van der Waals surface area contributed by atoms with Crippen LogP contribution < -0.4 is 5.57 Å².